The van der Waals surface area contributed by atoms with Crippen LogP contribution in [0.15, 0.2) is 41.4 Å². The van der Waals surface area contributed by atoms with E-state index >= 15 is 0 Å². The first-order valence-electron chi connectivity index (χ1n) is 7.36. The smallest absolute Gasteiger partial charge is 0.318 e. The molecule has 6 nitrogen and oxygen atoms in total. The van der Waals surface area contributed by atoms with Gasteiger partial charge in [-0.05, 0) is 30.7 Å². The SMILES string of the molecule is C=CCN(Cc1nc(-c2ccc(Cl)cc2)no1)C(=O)NCCC. The third-order valence-electron chi connectivity index (χ3n) is 3.06. The molecule has 122 valence electrons. The number of benzene rings is 1. The number of amides is 2. The zero-order chi connectivity index (χ0) is 16.7. The molecule has 1 aromatic heterocycles. The van der Waals surface area contributed by atoms with Crippen molar-refractivity contribution in [1.29, 1.82) is 0 Å². The molecule has 0 bridgehead atoms. The lowest BCUT2D eigenvalue weighted by Crippen LogP contribution is -2.39. The molecule has 7 heteroatoms. The van der Waals surface area contributed by atoms with Crippen molar-refractivity contribution >= 4 is 17.6 Å². The molecule has 0 saturated heterocycles. The molecule has 0 radical (unpaired) electrons. The Morgan fingerprint density at radius 3 is 2.83 bits per heavy atom. The molecule has 0 unspecified atom stereocenters. The number of rotatable bonds is 7. The normalized spacial score (nSPS) is 10.3. The number of aromatic nitrogens is 2. The number of urea groups is 1. The minimum Gasteiger partial charge on any atom is -0.338 e. The van der Waals surface area contributed by atoms with Gasteiger partial charge in [0.2, 0.25) is 11.7 Å². The molecular weight excluding hydrogens is 316 g/mol. The number of hydrogen-bond acceptors (Lipinski definition) is 4. The van der Waals surface area contributed by atoms with Gasteiger partial charge in [0, 0.05) is 23.7 Å². The van der Waals surface area contributed by atoms with Crippen LogP contribution in [0.3, 0.4) is 0 Å². The first-order chi connectivity index (χ1) is 11.1. The average Bonchev–Trinajstić information content (AvgIpc) is 3.01. The Kier molecular flexibility index (Phi) is 6.17. The topological polar surface area (TPSA) is 71.3 Å². The highest BCUT2D eigenvalue weighted by molar-refractivity contribution is 6.30. The number of hydrogen-bond donors (Lipinski definition) is 1. The fourth-order valence-electron chi connectivity index (χ4n) is 1.92. The van der Waals surface area contributed by atoms with E-state index in [2.05, 4.69) is 22.0 Å². The summed E-state index contributed by atoms with van der Waals surface area (Å²) in [6, 6.07) is 6.96. The fourth-order valence-corrected chi connectivity index (χ4v) is 2.04. The van der Waals surface area contributed by atoms with E-state index in [4.69, 9.17) is 16.1 Å². The Morgan fingerprint density at radius 1 is 1.43 bits per heavy atom. The molecule has 2 amide bonds. The molecule has 1 heterocycles. The van der Waals surface area contributed by atoms with E-state index in [9.17, 15) is 4.79 Å². The lowest BCUT2D eigenvalue weighted by Gasteiger charge is -2.19. The van der Waals surface area contributed by atoms with Crippen molar-refractivity contribution in [3.63, 3.8) is 0 Å². The highest BCUT2D eigenvalue weighted by Crippen LogP contribution is 2.19. The van der Waals surface area contributed by atoms with Crippen molar-refractivity contribution in [1.82, 2.24) is 20.4 Å². The Labute approximate surface area is 140 Å². The van der Waals surface area contributed by atoms with E-state index in [0.717, 1.165) is 12.0 Å². The van der Waals surface area contributed by atoms with Gasteiger partial charge in [-0.15, -0.1) is 6.58 Å². The monoisotopic (exact) mass is 334 g/mol. The van der Waals surface area contributed by atoms with E-state index in [-0.39, 0.29) is 12.6 Å². The minimum absolute atomic E-state index is 0.182. The maximum absolute atomic E-state index is 12.1. The van der Waals surface area contributed by atoms with Gasteiger partial charge in [0.25, 0.3) is 0 Å². The van der Waals surface area contributed by atoms with Crippen LogP contribution >= 0.6 is 11.6 Å². The van der Waals surface area contributed by atoms with Gasteiger partial charge in [-0.2, -0.15) is 4.98 Å². The van der Waals surface area contributed by atoms with Crippen molar-refractivity contribution in [2.75, 3.05) is 13.1 Å². The molecule has 0 spiro atoms. The lowest BCUT2D eigenvalue weighted by molar-refractivity contribution is 0.193. The maximum Gasteiger partial charge on any atom is 0.318 e. The molecule has 0 aliphatic heterocycles. The van der Waals surface area contributed by atoms with Crippen LogP contribution < -0.4 is 5.32 Å². The van der Waals surface area contributed by atoms with Gasteiger partial charge in [0.15, 0.2) is 0 Å². The zero-order valence-electron chi connectivity index (χ0n) is 13.0. The second-order valence-corrected chi connectivity index (χ2v) is 5.36. The zero-order valence-corrected chi connectivity index (χ0v) is 13.7. The molecule has 1 aromatic carbocycles. The quantitative estimate of drug-likeness (QED) is 0.787. The van der Waals surface area contributed by atoms with Crippen LogP contribution in [0.1, 0.15) is 19.2 Å². The number of halogens is 1. The van der Waals surface area contributed by atoms with Crippen molar-refractivity contribution < 1.29 is 9.32 Å². The Hall–Kier alpha value is -2.34. The maximum atomic E-state index is 12.1. The summed E-state index contributed by atoms with van der Waals surface area (Å²) in [5, 5.41) is 7.40. The second-order valence-electron chi connectivity index (χ2n) is 4.92. The van der Waals surface area contributed by atoms with Gasteiger partial charge in [0.1, 0.15) is 6.54 Å². The lowest BCUT2D eigenvalue weighted by atomic mass is 10.2. The van der Waals surface area contributed by atoms with Gasteiger partial charge < -0.3 is 14.7 Å². The average molecular weight is 335 g/mol. The molecule has 0 aliphatic rings. The Balaban J connectivity index is 2.07. The predicted molar refractivity (Wildman–Crippen MR) is 89.0 cm³/mol. The van der Waals surface area contributed by atoms with Crippen LogP contribution in [0.4, 0.5) is 4.79 Å². The molecule has 0 aliphatic carbocycles. The predicted octanol–water partition coefficient (Wildman–Crippen LogP) is 3.50. The minimum atomic E-state index is -0.182. The Bertz CT molecular complexity index is 654. The van der Waals surface area contributed by atoms with E-state index in [1.54, 1.807) is 23.1 Å². The van der Waals surface area contributed by atoms with Crippen molar-refractivity contribution in [2.24, 2.45) is 0 Å². The van der Waals surface area contributed by atoms with E-state index in [0.29, 0.717) is 29.8 Å². The van der Waals surface area contributed by atoms with Crippen molar-refractivity contribution in [3.05, 3.63) is 47.8 Å². The molecular formula is C16H19ClN4O2. The molecule has 2 aromatic rings. The number of nitrogens with zero attached hydrogens (tertiary/aromatic N) is 3. The summed E-state index contributed by atoms with van der Waals surface area (Å²) in [5.41, 5.74) is 0.801. The summed E-state index contributed by atoms with van der Waals surface area (Å²) >= 11 is 5.86. The van der Waals surface area contributed by atoms with Crippen LogP contribution in [-0.2, 0) is 6.54 Å². The van der Waals surface area contributed by atoms with Gasteiger partial charge in [-0.1, -0.05) is 29.8 Å². The van der Waals surface area contributed by atoms with Gasteiger partial charge in [-0.25, -0.2) is 4.79 Å². The number of nitrogens with one attached hydrogen (secondary N) is 1. The summed E-state index contributed by atoms with van der Waals surface area (Å²) in [4.78, 5) is 17.9. The fraction of sp³-hybridized carbons (Fsp3) is 0.312. The second kappa shape index (κ2) is 8.33. The molecule has 0 fully saturated rings. The summed E-state index contributed by atoms with van der Waals surface area (Å²) in [7, 11) is 0. The molecule has 0 atom stereocenters. The summed E-state index contributed by atoms with van der Waals surface area (Å²) in [5.74, 6) is 0.827. The highest BCUT2D eigenvalue weighted by Gasteiger charge is 2.16. The largest absolute Gasteiger partial charge is 0.338 e. The van der Waals surface area contributed by atoms with E-state index in [1.165, 1.54) is 0 Å². The first-order valence-corrected chi connectivity index (χ1v) is 7.74. The van der Waals surface area contributed by atoms with Crippen LogP contribution in [-0.4, -0.2) is 34.2 Å². The standard InChI is InChI=1S/C16H19ClN4O2/c1-3-9-18-16(22)21(10-4-2)11-14-19-15(20-23-14)12-5-7-13(17)8-6-12/h4-8H,2-3,9-11H2,1H3,(H,18,22). The summed E-state index contributed by atoms with van der Waals surface area (Å²) in [6.45, 7) is 6.90. The molecule has 0 saturated carbocycles. The van der Waals surface area contributed by atoms with Crippen LogP contribution in [0.2, 0.25) is 5.02 Å². The van der Waals surface area contributed by atoms with Crippen molar-refractivity contribution in [2.45, 2.75) is 19.9 Å². The molecule has 2 rings (SSSR count). The summed E-state index contributed by atoms with van der Waals surface area (Å²) < 4.78 is 5.23. The van der Waals surface area contributed by atoms with Gasteiger partial charge >= 0.3 is 6.03 Å². The Morgan fingerprint density at radius 2 is 2.17 bits per heavy atom. The van der Waals surface area contributed by atoms with Crippen LogP contribution in [0.5, 0.6) is 0 Å². The van der Waals surface area contributed by atoms with E-state index < -0.39 is 0 Å². The molecule has 1 N–H and O–H groups in total. The third-order valence-corrected chi connectivity index (χ3v) is 3.31. The van der Waals surface area contributed by atoms with Crippen molar-refractivity contribution in [3.8, 4) is 11.4 Å². The van der Waals surface area contributed by atoms with Crippen LogP contribution in [0, 0.1) is 0 Å². The highest BCUT2D eigenvalue weighted by atomic mass is 35.5. The molecule has 23 heavy (non-hydrogen) atoms. The van der Waals surface area contributed by atoms with Gasteiger partial charge in [0.05, 0.1) is 0 Å². The summed E-state index contributed by atoms with van der Waals surface area (Å²) in [6.07, 6.45) is 2.52. The number of carbonyl (C=O) groups is 1. The third kappa shape index (κ3) is 4.82. The van der Waals surface area contributed by atoms with E-state index in [1.807, 2.05) is 19.1 Å². The van der Waals surface area contributed by atoms with Gasteiger partial charge in [-0.3, -0.25) is 0 Å². The first kappa shape index (κ1) is 17.0. The number of carbonyl (C=O) groups excluding carboxylic acids is 1. The van der Waals surface area contributed by atoms with Crippen LogP contribution in [0.25, 0.3) is 11.4 Å².